The topological polar surface area (TPSA) is 64.3 Å². The van der Waals surface area contributed by atoms with Crippen molar-refractivity contribution in [3.05, 3.63) is 23.8 Å². The van der Waals surface area contributed by atoms with Crippen LogP contribution in [-0.2, 0) is 11.2 Å². The lowest BCUT2D eigenvalue weighted by Crippen LogP contribution is -2.25. The number of nitrogens with one attached hydrogen (secondary N) is 1. The number of unbranched alkanes of at least 4 members (excludes halogenated alkanes) is 1. The molecular weight excluding hydrogens is 204 g/mol. The Bertz CT molecular complexity index is 391. The van der Waals surface area contributed by atoms with Gasteiger partial charge in [-0.2, -0.15) is 0 Å². The number of hydrogen-bond acceptors (Lipinski definition) is 3. The van der Waals surface area contributed by atoms with E-state index in [0.29, 0.717) is 0 Å². The van der Waals surface area contributed by atoms with Gasteiger partial charge in [0.05, 0.1) is 5.69 Å². The number of ether oxygens (including phenoxy) is 1. The molecule has 1 aromatic rings. The second-order valence-corrected chi connectivity index (χ2v) is 3.91. The molecule has 3 N–H and O–H groups in total. The normalized spacial score (nSPS) is 13.9. The maximum atomic E-state index is 11.1. The Balaban J connectivity index is 2.06. The summed E-state index contributed by atoms with van der Waals surface area (Å²) in [6.45, 7) is 0.838. The molecule has 0 saturated heterocycles. The Hall–Kier alpha value is -1.55. The van der Waals surface area contributed by atoms with Gasteiger partial charge in [-0.25, -0.2) is 0 Å². The van der Waals surface area contributed by atoms with Gasteiger partial charge in [-0.15, -0.1) is 0 Å². The molecule has 0 bridgehead atoms. The Kier molecular flexibility index (Phi) is 3.41. The summed E-state index contributed by atoms with van der Waals surface area (Å²) in [5.41, 5.74) is 7.43. The fraction of sp³-hybridized carbons (Fsp3) is 0.417. The number of rotatable bonds is 4. The minimum atomic E-state index is -0.0911. The van der Waals surface area contributed by atoms with Crippen LogP contribution < -0.4 is 15.8 Å². The maximum Gasteiger partial charge on any atom is 0.262 e. The van der Waals surface area contributed by atoms with Gasteiger partial charge in [-0.3, -0.25) is 4.79 Å². The number of benzene rings is 1. The summed E-state index contributed by atoms with van der Waals surface area (Å²) >= 11 is 0. The van der Waals surface area contributed by atoms with Gasteiger partial charge in [0.1, 0.15) is 5.75 Å². The maximum absolute atomic E-state index is 11.1. The van der Waals surface area contributed by atoms with Crippen LogP contribution in [0, 0.1) is 0 Å². The lowest BCUT2D eigenvalue weighted by Gasteiger charge is -2.18. The second kappa shape index (κ2) is 4.99. The van der Waals surface area contributed by atoms with Crippen molar-refractivity contribution in [1.82, 2.24) is 0 Å². The highest BCUT2D eigenvalue weighted by molar-refractivity contribution is 5.95. The van der Waals surface area contributed by atoms with Crippen molar-refractivity contribution in [2.45, 2.75) is 19.3 Å². The zero-order chi connectivity index (χ0) is 11.4. The monoisotopic (exact) mass is 220 g/mol. The van der Waals surface area contributed by atoms with Crippen molar-refractivity contribution < 1.29 is 9.53 Å². The molecular formula is C12H16N2O2. The summed E-state index contributed by atoms with van der Waals surface area (Å²) < 4.78 is 5.28. The van der Waals surface area contributed by atoms with Gasteiger partial charge in [0.2, 0.25) is 0 Å². The number of fused-ring (bicyclic) bond motifs is 1. The molecule has 0 aliphatic carbocycles. The smallest absolute Gasteiger partial charge is 0.262 e. The van der Waals surface area contributed by atoms with E-state index in [-0.39, 0.29) is 12.5 Å². The lowest BCUT2D eigenvalue weighted by molar-refractivity contribution is -0.118. The van der Waals surface area contributed by atoms with Crippen LogP contribution in [0.1, 0.15) is 18.4 Å². The van der Waals surface area contributed by atoms with Crippen LogP contribution in [0.4, 0.5) is 5.69 Å². The van der Waals surface area contributed by atoms with Gasteiger partial charge >= 0.3 is 0 Å². The molecule has 16 heavy (non-hydrogen) atoms. The van der Waals surface area contributed by atoms with Crippen LogP contribution in [0.2, 0.25) is 0 Å². The molecule has 0 radical (unpaired) electrons. The fourth-order valence-corrected chi connectivity index (χ4v) is 1.76. The van der Waals surface area contributed by atoms with E-state index in [2.05, 4.69) is 5.32 Å². The molecule has 0 atom stereocenters. The first-order chi connectivity index (χ1) is 7.79. The Morgan fingerprint density at radius 3 is 3.06 bits per heavy atom. The minimum absolute atomic E-state index is 0.0911. The van der Waals surface area contributed by atoms with Gasteiger partial charge in [0, 0.05) is 0 Å². The third-order valence-corrected chi connectivity index (χ3v) is 2.60. The first-order valence-electron chi connectivity index (χ1n) is 5.55. The summed E-state index contributed by atoms with van der Waals surface area (Å²) in [5, 5.41) is 2.80. The second-order valence-electron chi connectivity index (χ2n) is 3.91. The highest BCUT2D eigenvalue weighted by Gasteiger charge is 2.15. The van der Waals surface area contributed by atoms with Gasteiger partial charge in [-0.05, 0) is 43.5 Å². The van der Waals surface area contributed by atoms with Crippen LogP contribution in [0.15, 0.2) is 18.2 Å². The summed E-state index contributed by atoms with van der Waals surface area (Å²) in [7, 11) is 0. The average Bonchev–Trinajstić information content (AvgIpc) is 2.29. The Labute approximate surface area is 94.8 Å². The molecule has 0 unspecified atom stereocenters. The highest BCUT2D eigenvalue weighted by Crippen LogP contribution is 2.28. The molecule has 2 rings (SSSR count). The van der Waals surface area contributed by atoms with E-state index in [1.54, 1.807) is 0 Å². The molecule has 0 aromatic heterocycles. The number of carbonyl (C=O) groups excluding carboxylic acids is 1. The SMILES string of the molecule is NCCCCc1ccc2c(c1)NC(=O)CO2. The number of nitrogens with two attached hydrogens (primary N) is 1. The van der Waals surface area contributed by atoms with Crippen LogP contribution in [-0.4, -0.2) is 19.1 Å². The summed E-state index contributed by atoms with van der Waals surface area (Å²) in [6, 6.07) is 5.92. The number of hydrogen-bond donors (Lipinski definition) is 2. The average molecular weight is 220 g/mol. The van der Waals surface area contributed by atoms with Gasteiger partial charge in [0.25, 0.3) is 5.91 Å². The summed E-state index contributed by atoms with van der Waals surface area (Å²) in [5.74, 6) is 0.661. The van der Waals surface area contributed by atoms with E-state index in [4.69, 9.17) is 10.5 Å². The third-order valence-electron chi connectivity index (χ3n) is 2.60. The molecule has 0 spiro atoms. The van der Waals surface area contributed by atoms with Gasteiger partial charge in [0.15, 0.2) is 6.61 Å². The van der Waals surface area contributed by atoms with E-state index in [1.165, 1.54) is 5.56 Å². The van der Waals surface area contributed by atoms with E-state index >= 15 is 0 Å². The summed E-state index contributed by atoms with van der Waals surface area (Å²) in [6.07, 6.45) is 3.09. The van der Waals surface area contributed by atoms with Crippen molar-refractivity contribution in [2.24, 2.45) is 5.73 Å². The predicted molar refractivity (Wildman–Crippen MR) is 62.6 cm³/mol. The van der Waals surface area contributed by atoms with E-state index in [9.17, 15) is 4.79 Å². The van der Waals surface area contributed by atoms with Crippen molar-refractivity contribution >= 4 is 11.6 Å². The molecule has 4 heteroatoms. The Morgan fingerprint density at radius 2 is 2.25 bits per heavy atom. The summed E-state index contributed by atoms with van der Waals surface area (Å²) in [4.78, 5) is 11.1. The predicted octanol–water partition coefficient (Wildman–Crippen LogP) is 1.30. The van der Waals surface area contributed by atoms with E-state index < -0.39 is 0 Å². The quantitative estimate of drug-likeness (QED) is 0.752. The van der Waals surface area contributed by atoms with Crippen LogP contribution in [0.25, 0.3) is 0 Å². The van der Waals surface area contributed by atoms with Crippen LogP contribution >= 0.6 is 0 Å². The minimum Gasteiger partial charge on any atom is -0.482 e. The largest absolute Gasteiger partial charge is 0.482 e. The number of anilines is 1. The molecule has 0 fully saturated rings. The third kappa shape index (κ3) is 2.52. The van der Waals surface area contributed by atoms with Crippen molar-refractivity contribution in [1.29, 1.82) is 0 Å². The first kappa shape index (κ1) is 11.0. The molecule has 1 aliphatic heterocycles. The molecule has 4 nitrogen and oxygen atoms in total. The van der Waals surface area contributed by atoms with Crippen molar-refractivity contribution in [3.63, 3.8) is 0 Å². The van der Waals surface area contributed by atoms with Gasteiger partial charge < -0.3 is 15.8 Å². The molecule has 1 heterocycles. The fourth-order valence-electron chi connectivity index (χ4n) is 1.76. The highest BCUT2D eigenvalue weighted by atomic mass is 16.5. The number of carbonyl (C=O) groups is 1. The standard InChI is InChI=1S/C12H16N2O2/c13-6-2-1-3-9-4-5-11-10(7-9)14-12(15)8-16-11/h4-5,7H,1-3,6,8,13H2,(H,14,15). The van der Waals surface area contributed by atoms with Crippen LogP contribution in [0.5, 0.6) is 5.75 Å². The molecule has 0 saturated carbocycles. The molecule has 86 valence electrons. The molecule has 1 amide bonds. The van der Waals surface area contributed by atoms with E-state index in [1.807, 2.05) is 18.2 Å². The van der Waals surface area contributed by atoms with E-state index in [0.717, 1.165) is 37.2 Å². The zero-order valence-corrected chi connectivity index (χ0v) is 9.16. The number of aryl methyl sites for hydroxylation is 1. The first-order valence-corrected chi connectivity index (χ1v) is 5.55. The van der Waals surface area contributed by atoms with Crippen molar-refractivity contribution in [3.8, 4) is 5.75 Å². The molecule has 1 aromatic carbocycles. The lowest BCUT2D eigenvalue weighted by atomic mass is 10.1. The number of amides is 1. The van der Waals surface area contributed by atoms with Gasteiger partial charge in [-0.1, -0.05) is 6.07 Å². The zero-order valence-electron chi connectivity index (χ0n) is 9.16. The van der Waals surface area contributed by atoms with Crippen molar-refractivity contribution in [2.75, 3.05) is 18.5 Å². The molecule has 1 aliphatic rings. The Morgan fingerprint density at radius 1 is 1.38 bits per heavy atom. The van der Waals surface area contributed by atoms with Crippen LogP contribution in [0.3, 0.4) is 0 Å².